The van der Waals surface area contributed by atoms with Crippen LogP contribution in [0.4, 0.5) is 5.69 Å². The summed E-state index contributed by atoms with van der Waals surface area (Å²) in [4.78, 5) is 12.5. The van der Waals surface area contributed by atoms with Gasteiger partial charge in [-0.3, -0.25) is 10.1 Å². The second-order valence-corrected chi connectivity index (χ2v) is 6.45. The number of benzene rings is 2. The normalized spacial score (nSPS) is 17.2. The third-order valence-electron chi connectivity index (χ3n) is 4.40. The van der Waals surface area contributed by atoms with Gasteiger partial charge in [-0.15, -0.1) is 0 Å². The maximum atomic E-state index is 12.5. The zero-order chi connectivity index (χ0) is 17.1. The summed E-state index contributed by atoms with van der Waals surface area (Å²) in [5.74, 6) is 0.478. The van der Waals surface area contributed by atoms with Gasteiger partial charge < -0.3 is 10.1 Å². The van der Waals surface area contributed by atoms with Crippen molar-refractivity contribution in [3.63, 3.8) is 0 Å². The smallest absolute Gasteiger partial charge is 0.241 e. The molecule has 0 fully saturated rings. The Morgan fingerprint density at radius 3 is 2.88 bits per heavy atom. The molecule has 3 rings (SSSR count). The SMILES string of the molecule is COc1ccc(Cl)cc1NC(=O)[C@H](C)N[C@H]1CCc2ccccc21. The monoisotopic (exact) mass is 344 g/mol. The van der Waals surface area contributed by atoms with Crippen molar-refractivity contribution in [1.29, 1.82) is 0 Å². The molecule has 5 heteroatoms. The van der Waals surface area contributed by atoms with Gasteiger partial charge in [-0.25, -0.2) is 0 Å². The molecule has 4 nitrogen and oxygen atoms in total. The molecule has 2 N–H and O–H groups in total. The Kier molecular flexibility index (Phi) is 5.07. The van der Waals surface area contributed by atoms with E-state index in [9.17, 15) is 4.79 Å². The number of anilines is 1. The summed E-state index contributed by atoms with van der Waals surface area (Å²) in [6.45, 7) is 1.87. The zero-order valence-corrected chi connectivity index (χ0v) is 14.6. The number of halogens is 1. The molecule has 0 aliphatic heterocycles. The van der Waals surface area contributed by atoms with Crippen LogP contribution >= 0.6 is 11.6 Å². The van der Waals surface area contributed by atoms with Crippen molar-refractivity contribution in [1.82, 2.24) is 5.32 Å². The minimum atomic E-state index is -0.329. The molecule has 0 aromatic heterocycles. The minimum absolute atomic E-state index is 0.111. The lowest BCUT2D eigenvalue weighted by Gasteiger charge is -2.20. The van der Waals surface area contributed by atoms with Gasteiger partial charge in [-0.2, -0.15) is 0 Å². The van der Waals surface area contributed by atoms with E-state index >= 15 is 0 Å². The molecule has 0 bridgehead atoms. The van der Waals surface area contributed by atoms with Crippen molar-refractivity contribution in [3.05, 3.63) is 58.6 Å². The molecular formula is C19H21ClN2O2. The molecular weight excluding hydrogens is 324 g/mol. The van der Waals surface area contributed by atoms with E-state index in [4.69, 9.17) is 16.3 Å². The van der Waals surface area contributed by atoms with Gasteiger partial charge in [0.15, 0.2) is 0 Å². The number of rotatable bonds is 5. The van der Waals surface area contributed by atoms with Crippen LogP contribution in [0.15, 0.2) is 42.5 Å². The summed E-state index contributed by atoms with van der Waals surface area (Å²) >= 11 is 6.01. The van der Waals surface area contributed by atoms with E-state index in [1.165, 1.54) is 11.1 Å². The summed E-state index contributed by atoms with van der Waals surface area (Å²) in [7, 11) is 1.57. The molecule has 2 aromatic rings. The third-order valence-corrected chi connectivity index (χ3v) is 4.63. The molecule has 2 atom stereocenters. The molecule has 2 aromatic carbocycles. The number of hydrogen-bond acceptors (Lipinski definition) is 3. The molecule has 1 amide bonds. The fourth-order valence-electron chi connectivity index (χ4n) is 3.13. The van der Waals surface area contributed by atoms with Gasteiger partial charge in [0.05, 0.1) is 18.8 Å². The van der Waals surface area contributed by atoms with Crippen molar-refractivity contribution in [2.75, 3.05) is 12.4 Å². The number of carbonyl (C=O) groups is 1. The highest BCUT2D eigenvalue weighted by atomic mass is 35.5. The lowest BCUT2D eigenvalue weighted by Crippen LogP contribution is -2.39. The van der Waals surface area contributed by atoms with Gasteiger partial charge >= 0.3 is 0 Å². The molecule has 0 heterocycles. The Bertz CT molecular complexity index is 748. The van der Waals surface area contributed by atoms with E-state index in [1.54, 1.807) is 25.3 Å². The topological polar surface area (TPSA) is 50.4 Å². The maximum Gasteiger partial charge on any atom is 0.241 e. The lowest BCUT2D eigenvalue weighted by molar-refractivity contribution is -0.118. The van der Waals surface area contributed by atoms with E-state index < -0.39 is 0 Å². The van der Waals surface area contributed by atoms with Crippen molar-refractivity contribution in [3.8, 4) is 5.75 Å². The van der Waals surface area contributed by atoms with Gasteiger partial charge in [0.25, 0.3) is 0 Å². The van der Waals surface area contributed by atoms with Gasteiger partial charge in [-0.1, -0.05) is 35.9 Å². The van der Waals surface area contributed by atoms with Crippen LogP contribution in [0.2, 0.25) is 5.02 Å². The second kappa shape index (κ2) is 7.24. The Morgan fingerprint density at radius 1 is 1.29 bits per heavy atom. The van der Waals surface area contributed by atoms with E-state index in [1.807, 2.05) is 13.0 Å². The molecule has 0 saturated heterocycles. The van der Waals surface area contributed by atoms with Crippen LogP contribution in [0.1, 0.15) is 30.5 Å². The molecule has 24 heavy (non-hydrogen) atoms. The summed E-state index contributed by atoms with van der Waals surface area (Å²) < 4.78 is 5.27. The van der Waals surface area contributed by atoms with Gasteiger partial charge in [-0.05, 0) is 49.1 Å². The van der Waals surface area contributed by atoms with Crippen LogP contribution in [0.3, 0.4) is 0 Å². The van der Waals surface area contributed by atoms with E-state index in [0.29, 0.717) is 16.5 Å². The average molecular weight is 345 g/mol. The molecule has 126 valence electrons. The number of aryl methyl sites for hydroxylation is 1. The summed E-state index contributed by atoms with van der Waals surface area (Å²) in [6, 6.07) is 13.4. The van der Waals surface area contributed by atoms with E-state index in [0.717, 1.165) is 12.8 Å². The molecule has 0 unspecified atom stereocenters. The maximum absolute atomic E-state index is 12.5. The first-order valence-corrected chi connectivity index (χ1v) is 8.44. The van der Waals surface area contributed by atoms with Crippen molar-refractivity contribution < 1.29 is 9.53 Å². The van der Waals surface area contributed by atoms with Crippen molar-refractivity contribution in [2.45, 2.75) is 31.8 Å². The standard InChI is InChI=1S/C19H21ClN2O2/c1-12(21-16-9-7-13-5-3-4-6-15(13)16)19(23)22-17-11-14(20)8-10-18(17)24-2/h3-6,8,10-12,16,21H,7,9H2,1-2H3,(H,22,23)/t12-,16-/m0/s1. The Labute approximate surface area is 147 Å². The van der Waals surface area contributed by atoms with E-state index in [2.05, 4.69) is 28.8 Å². The zero-order valence-electron chi connectivity index (χ0n) is 13.8. The number of nitrogens with one attached hydrogen (secondary N) is 2. The third kappa shape index (κ3) is 3.55. The predicted molar refractivity (Wildman–Crippen MR) is 96.7 cm³/mol. The molecule has 0 radical (unpaired) electrons. The molecule has 0 spiro atoms. The second-order valence-electron chi connectivity index (χ2n) is 6.01. The van der Waals surface area contributed by atoms with Crippen molar-refractivity contribution in [2.24, 2.45) is 0 Å². The predicted octanol–water partition coefficient (Wildman–Crippen LogP) is 3.95. The first-order chi connectivity index (χ1) is 11.6. The summed E-state index contributed by atoms with van der Waals surface area (Å²) in [5.41, 5.74) is 3.23. The highest BCUT2D eigenvalue weighted by molar-refractivity contribution is 6.31. The van der Waals surface area contributed by atoms with Gasteiger partial charge in [0, 0.05) is 11.1 Å². The number of ether oxygens (including phenoxy) is 1. The molecule has 0 saturated carbocycles. The first kappa shape index (κ1) is 16.8. The minimum Gasteiger partial charge on any atom is -0.495 e. The Morgan fingerprint density at radius 2 is 2.08 bits per heavy atom. The highest BCUT2D eigenvalue weighted by Crippen LogP contribution is 2.31. The number of amides is 1. The largest absolute Gasteiger partial charge is 0.495 e. The fourth-order valence-corrected chi connectivity index (χ4v) is 3.30. The van der Waals surface area contributed by atoms with Crippen LogP contribution in [-0.2, 0) is 11.2 Å². The number of fused-ring (bicyclic) bond motifs is 1. The van der Waals surface area contributed by atoms with Gasteiger partial charge in [0.1, 0.15) is 5.75 Å². The average Bonchev–Trinajstić information content (AvgIpc) is 2.98. The van der Waals surface area contributed by atoms with E-state index in [-0.39, 0.29) is 18.0 Å². The van der Waals surface area contributed by atoms with Crippen LogP contribution in [0.5, 0.6) is 5.75 Å². The lowest BCUT2D eigenvalue weighted by atomic mass is 10.1. The first-order valence-electron chi connectivity index (χ1n) is 8.06. The number of carbonyl (C=O) groups excluding carboxylic acids is 1. The number of methoxy groups -OCH3 is 1. The van der Waals surface area contributed by atoms with Crippen LogP contribution in [0.25, 0.3) is 0 Å². The Balaban J connectivity index is 1.67. The Hall–Kier alpha value is -2.04. The molecule has 1 aliphatic carbocycles. The van der Waals surface area contributed by atoms with Crippen LogP contribution in [-0.4, -0.2) is 19.1 Å². The highest BCUT2D eigenvalue weighted by Gasteiger charge is 2.25. The summed E-state index contributed by atoms with van der Waals surface area (Å²) in [6.07, 6.45) is 2.06. The fraction of sp³-hybridized carbons (Fsp3) is 0.316. The van der Waals surface area contributed by atoms with Crippen molar-refractivity contribution >= 4 is 23.2 Å². The summed E-state index contributed by atoms with van der Waals surface area (Å²) in [5, 5.41) is 6.86. The van der Waals surface area contributed by atoms with Gasteiger partial charge in [0.2, 0.25) is 5.91 Å². The van der Waals surface area contributed by atoms with Crippen LogP contribution in [0, 0.1) is 0 Å². The van der Waals surface area contributed by atoms with Crippen LogP contribution < -0.4 is 15.4 Å². The molecule has 1 aliphatic rings. The quantitative estimate of drug-likeness (QED) is 0.863. The number of hydrogen-bond donors (Lipinski definition) is 2.